The number of fused-ring (bicyclic) bond motifs is 3. The molecule has 1 atom stereocenters. The maximum atomic E-state index is 2.69. The first-order valence-electron chi connectivity index (χ1n) is 16.6. The van der Waals surface area contributed by atoms with Crippen LogP contribution in [-0.2, 0) is 38.5 Å². The van der Waals surface area contributed by atoms with Gasteiger partial charge in [-0.25, -0.2) is 0 Å². The third-order valence-electron chi connectivity index (χ3n) is 9.86. The van der Waals surface area contributed by atoms with Crippen LogP contribution in [0.5, 0.6) is 0 Å². The minimum atomic E-state index is -2.66. The summed E-state index contributed by atoms with van der Waals surface area (Å²) in [5.41, 5.74) is 14.2. The Bertz CT molecular complexity index is 1650. The van der Waals surface area contributed by atoms with Crippen molar-refractivity contribution in [2.45, 2.75) is 113 Å². The molecular formula is C42H54Cl2Zr. The van der Waals surface area contributed by atoms with Crippen molar-refractivity contribution in [1.29, 1.82) is 0 Å². The first-order chi connectivity index (χ1) is 20.1. The standard InChI is InChI=1S/C21H25.C13H21.C8H8.2ClH.Zr/c1-20(2,3)16-9-7-14-11-15-8-10-17(21(4,5)6)13-19(15)18(14)12-16;1-6-10-8-11(7-2)12(9-10)13(3,4)5;1-2-8-6-4-3-5-7-8;;;/h7,9-10,12-13H,11H2,1-6H3;9-10H,6-7H2,1-5H3;3-7H,1H3;2*1H;/q;;;;;+2/p-2. The summed E-state index contributed by atoms with van der Waals surface area (Å²) in [5, 5.41) is 0. The molecule has 3 aromatic carbocycles. The number of rotatable bonds is 5. The van der Waals surface area contributed by atoms with Gasteiger partial charge in [0, 0.05) is 0 Å². The second kappa shape index (κ2) is 13.9. The van der Waals surface area contributed by atoms with Gasteiger partial charge in [-0.3, -0.25) is 0 Å². The van der Waals surface area contributed by atoms with Gasteiger partial charge in [-0.05, 0) is 0 Å². The molecule has 0 nitrogen and oxygen atoms in total. The topological polar surface area (TPSA) is 0 Å². The van der Waals surface area contributed by atoms with Crippen molar-refractivity contribution in [3.05, 3.63) is 109 Å². The smallest absolute Gasteiger partial charge is 1.00 e. The molecule has 0 aliphatic heterocycles. The van der Waals surface area contributed by atoms with Crippen molar-refractivity contribution in [2.24, 2.45) is 11.3 Å². The molecule has 45 heavy (non-hydrogen) atoms. The monoisotopic (exact) mass is 718 g/mol. The van der Waals surface area contributed by atoms with E-state index >= 15 is 0 Å². The molecule has 0 fully saturated rings. The number of allylic oxidation sites excluding steroid dienone is 4. The molecule has 0 amide bonds. The summed E-state index contributed by atoms with van der Waals surface area (Å²) in [5.74, 6) is 0.544. The summed E-state index contributed by atoms with van der Waals surface area (Å²) in [7, 11) is 0. The Hall–Kier alpha value is -1.53. The fraction of sp³-hybridized carbons (Fsp3) is 0.452. The summed E-state index contributed by atoms with van der Waals surface area (Å²) in [6.07, 6.45) is 6.05. The van der Waals surface area contributed by atoms with Crippen LogP contribution >= 0.6 is 0 Å². The number of halogens is 2. The number of benzene rings is 3. The second-order valence-corrected chi connectivity index (χ2v) is 22.4. The molecule has 0 saturated heterocycles. The van der Waals surface area contributed by atoms with E-state index < -0.39 is 21.3 Å². The van der Waals surface area contributed by atoms with E-state index in [-0.39, 0.29) is 41.1 Å². The Morgan fingerprint density at radius 2 is 1.33 bits per heavy atom. The molecule has 0 aromatic heterocycles. The second-order valence-electron chi connectivity index (χ2n) is 16.1. The van der Waals surface area contributed by atoms with Crippen LogP contribution in [0.1, 0.15) is 124 Å². The molecule has 0 N–H and O–H groups in total. The summed E-state index contributed by atoms with van der Waals surface area (Å²) in [6.45, 7) is 28.8. The van der Waals surface area contributed by atoms with Crippen molar-refractivity contribution in [3.63, 3.8) is 0 Å². The van der Waals surface area contributed by atoms with E-state index in [1.54, 1.807) is 23.2 Å². The summed E-state index contributed by atoms with van der Waals surface area (Å²) < 4.78 is 5.24. The van der Waals surface area contributed by atoms with Crippen molar-refractivity contribution in [1.82, 2.24) is 0 Å². The predicted molar refractivity (Wildman–Crippen MR) is 187 cm³/mol. The normalized spacial score (nSPS) is 16.4. The van der Waals surface area contributed by atoms with Crippen LogP contribution in [0.15, 0.2) is 81.2 Å². The molecule has 240 valence electrons. The minimum Gasteiger partial charge on any atom is -1.00 e. The van der Waals surface area contributed by atoms with Crippen LogP contribution in [0.3, 0.4) is 0 Å². The number of hydrogen-bond donors (Lipinski definition) is 0. The molecule has 2 aliphatic rings. The van der Waals surface area contributed by atoms with Crippen molar-refractivity contribution in [2.75, 3.05) is 0 Å². The van der Waals surface area contributed by atoms with Gasteiger partial charge in [0.2, 0.25) is 0 Å². The minimum absolute atomic E-state index is 0. The van der Waals surface area contributed by atoms with Crippen LogP contribution in [0.2, 0.25) is 0 Å². The Labute approximate surface area is 295 Å². The van der Waals surface area contributed by atoms with E-state index in [4.69, 9.17) is 0 Å². The Balaban J connectivity index is 0.00000276. The Morgan fingerprint density at radius 1 is 0.733 bits per heavy atom. The van der Waals surface area contributed by atoms with E-state index in [2.05, 4.69) is 150 Å². The van der Waals surface area contributed by atoms with Crippen LogP contribution in [0, 0.1) is 11.3 Å². The molecule has 5 rings (SSSR count). The molecule has 0 radical (unpaired) electrons. The van der Waals surface area contributed by atoms with Gasteiger partial charge in [-0.2, -0.15) is 0 Å². The summed E-state index contributed by atoms with van der Waals surface area (Å²) in [4.78, 5) is 0. The van der Waals surface area contributed by atoms with Gasteiger partial charge in [0.15, 0.2) is 0 Å². The van der Waals surface area contributed by atoms with Gasteiger partial charge >= 0.3 is 272 Å². The van der Waals surface area contributed by atoms with Gasteiger partial charge < -0.3 is 24.8 Å². The van der Waals surface area contributed by atoms with Crippen LogP contribution in [0.25, 0.3) is 11.1 Å². The molecule has 0 bridgehead atoms. The molecule has 1 unspecified atom stereocenters. The molecule has 3 aromatic rings. The first-order valence-corrected chi connectivity index (χ1v) is 20.3. The maximum absolute atomic E-state index is 2.69. The Morgan fingerprint density at radius 3 is 1.87 bits per heavy atom. The zero-order valence-corrected chi connectivity index (χ0v) is 33.8. The molecule has 0 saturated carbocycles. The zero-order valence-electron chi connectivity index (χ0n) is 29.8. The average Bonchev–Trinajstić information content (AvgIpc) is 3.50. The largest absolute Gasteiger partial charge is 1.00 e. The quantitative estimate of drug-likeness (QED) is 0.272. The molecule has 0 heterocycles. The van der Waals surface area contributed by atoms with Gasteiger partial charge in [0.05, 0.1) is 0 Å². The van der Waals surface area contributed by atoms with E-state index in [1.165, 1.54) is 39.8 Å². The van der Waals surface area contributed by atoms with Crippen LogP contribution in [0.4, 0.5) is 0 Å². The molecular weight excluding hydrogens is 667 g/mol. The van der Waals surface area contributed by atoms with Crippen molar-refractivity contribution in [3.8, 4) is 11.1 Å². The average molecular weight is 721 g/mol. The summed E-state index contributed by atoms with van der Waals surface area (Å²) in [6, 6.07) is 24.0. The third-order valence-corrected chi connectivity index (χ3v) is 17.8. The van der Waals surface area contributed by atoms with E-state index in [1.807, 2.05) is 3.28 Å². The van der Waals surface area contributed by atoms with Crippen LogP contribution < -0.4 is 28.1 Å². The van der Waals surface area contributed by atoms with E-state index in [9.17, 15) is 0 Å². The Kier molecular flexibility index (Phi) is 11.7. The van der Waals surface area contributed by atoms with Gasteiger partial charge in [0.1, 0.15) is 0 Å². The fourth-order valence-corrected chi connectivity index (χ4v) is 16.2. The van der Waals surface area contributed by atoms with Crippen molar-refractivity contribution < 1.29 is 46.1 Å². The fourth-order valence-electron chi connectivity index (χ4n) is 7.27. The van der Waals surface area contributed by atoms with Gasteiger partial charge in [-0.15, -0.1) is 0 Å². The predicted octanol–water partition coefficient (Wildman–Crippen LogP) is 5.02. The molecule has 3 heteroatoms. The maximum Gasteiger partial charge on any atom is -1.00 e. The third kappa shape index (κ3) is 7.32. The molecule has 2 aliphatic carbocycles. The summed E-state index contributed by atoms with van der Waals surface area (Å²) >= 11 is -2.66. The van der Waals surface area contributed by atoms with Gasteiger partial charge in [0.25, 0.3) is 0 Å². The van der Waals surface area contributed by atoms with Crippen molar-refractivity contribution >= 4 is 6.48 Å². The van der Waals surface area contributed by atoms with E-state index in [0.29, 0.717) is 5.92 Å². The van der Waals surface area contributed by atoms with Gasteiger partial charge in [-0.1, -0.05) is 0 Å². The number of hydrogen-bond acceptors (Lipinski definition) is 0. The SMILES string of the molecule is CCC1=[C](/[Zr+2](=[C](\C)c2ccccc2)[c]2cc(C(C)(C)C)cc3c2Cc2ccc(C(C)(C)C)cc2-3)C(CC)C=C1C(C)(C)C.[Cl-].[Cl-]. The first kappa shape index (κ1) is 37.9. The van der Waals surface area contributed by atoms with Crippen LogP contribution in [-0.4, -0.2) is 3.21 Å². The zero-order chi connectivity index (χ0) is 31.5. The van der Waals surface area contributed by atoms with E-state index in [0.717, 1.165) is 12.8 Å². The molecule has 0 spiro atoms.